The van der Waals surface area contributed by atoms with Crippen molar-refractivity contribution in [3.8, 4) is 0 Å². The van der Waals surface area contributed by atoms with Gasteiger partial charge in [-0.15, -0.1) is 0 Å². The molecular weight excluding hydrogens is 212 g/mol. The molecule has 0 aromatic heterocycles. The molecule has 0 aliphatic carbocycles. The Bertz CT molecular complexity index is 365. The van der Waals surface area contributed by atoms with Gasteiger partial charge >= 0.3 is 0 Å². The van der Waals surface area contributed by atoms with Crippen molar-refractivity contribution in [1.29, 1.82) is 0 Å². The second-order valence-corrected chi connectivity index (χ2v) is 4.88. The average molecular weight is 234 g/mol. The number of hydrogen-bond acceptors (Lipinski definition) is 3. The lowest BCUT2D eigenvalue weighted by Crippen LogP contribution is -2.29. The molecule has 0 radical (unpaired) electrons. The van der Waals surface area contributed by atoms with Gasteiger partial charge in [-0.3, -0.25) is 0 Å². The maximum absolute atomic E-state index is 9.82. The summed E-state index contributed by atoms with van der Waals surface area (Å²) in [6.07, 6.45) is 0.789. The van der Waals surface area contributed by atoms with Gasteiger partial charge in [0.2, 0.25) is 0 Å². The monoisotopic (exact) mass is 234 g/mol. The quantitative estimate of drug-likeness (QED) is 0.846. The highest BCUT2D eigenvalue weighted by molar-refractivity contribution is 5.54. The van der Waals surface area contributed by atoms with Gasteiger partial charge in [0.05, 0.1) is 6.10 Å². The highest BCUT2D eigenvalue weighted by Crippen LogP contribution is 2.26. The van der Waals surface area contributed by atoms with Crippen molar-refractivity contribution in [2.24, 2.45) is 0 Å². The number of hydrogen-bond donors (Lipinski definition) is 1. The summed E-state index contributed by atoms with van der Waals surface area (Å²) in [5.41, 5.74) is 2.23. The van der Waals surface area contributed by atoms with E-state index in [1.54, 1.807) is 0 Å². The van der Waals surface area contributed by atoms with E-state index in [4.69, 9.17) is 0 Å². The van der Waals surface area contributed by atoms with Crippen molar-refractivity contribution in [2.45, 2.75) is 19.4 Å². The Morgan fingerprint density at radius 2 is 1.88 bits per heavy atom. The van der Waals surface area contributed by atoms with Gasteiger partial charge in [0, 0.05) is 30.9 Å². The van der Waals surface area contributed by atoms with E-state index >= 15 is 0 Å². The molecule has 0 bridgehead atoms. The Morgan fingerprint density at radius 1 is 1.12 bits per heavy atom. The van der Waals surface area contributed by atoms with E-state index in [1.165, 1.54) is 12.1 Å². The van der Waals surface area contributed by atoms with Crippen LogP contribution in [0.3, 0.4) is 0 Å². The number of para-hydroxylation sites is 1. The highest BCUT2D eigenvalue weighted by Gasteiger charge is 2.16. The summed E-state index contributed by atoms with van der Waals surface area (Å²) >= 11 is 0. The number of rotatable bonds is 2. The van der Waals surface area contributed by atoms with E-state index in [0.29, 0.717) is 0 Å². The smallest absolute Gasteiger partial charge is 0.0781 e. The van der Waals surface area contributed by atoms with Crippen molar-refractivity contribution in [3.63, 3.8) is 0 Å². The number of aliphatic hydroxyl groups excluding tert-OH is 1. The van der Waals surface area contributed by atoms with E-state index < -0.39 is 6.10 Å². The van der Waals surface area contributed by atoms with Gasteiger partial charge in [0.15, 0.2) is 0 Å². The van der Waals surface area contributed by atoms with E-state index in [2.05, 4.69) is 29.0 Å². The van der Waals surface area contributed by atoms with Gasteiger partial charge in [0.1, 0.15) is 0 Å². The minimum Gasteiger partial charge on any atom is -0.389 e. The standard InChI is InChI=1S/C14H22N2O/c1-12(17)13-6-3-4-7-14(13)16-9-5-8-15(2)10-11-16/h3-4,6-7,12,17H,5,8-11H2,1-2H3/t12-/m0/s1. The molecule has 94 valence electrons. The third kappa shape index (κ3) is 2.99. The number of likely N-dealkylation sites (N-methyl/N-ethyl adjacent to an activating group) is 1. The second-order valence-electron chi connectivity index (χ2n) is 4.88. The van der Waals surface area contributed by atoms with Crippen LogP contribution in [0, 0.1) is 0 Å². The molecule has 2 rings (SSSR count). The van der Waals surface area contributed by atoms with Crippen LogP contribution in [0.4, 0.5) is 5.69 Å². The Kier molecular flexibility index (Phi) is 4.02. The first-order valence-corrected chi connectivity index (χ1v) is 6.39. The fourth-order valence-electron chi connectivity index (χ4n) is 2.42. The Labute approximate surface area is 104 Å². The normalized spacial score (nSPS) is 20.1. The van der Waals surface area contributed by atoms with Crippen molar-refractivity contribution < 1.29 is 5.11 Å². The van der Waals surface area contributed by atoms with Crippen LogP contribution < -0.4 is 4.90 Å². The fraction of sp³-hybridized carbons (Fsp3) is 0.571. The zero-order valence-electron chi connectivity index (χ0n) is 10.8. The van der Waals surface area contributed by atoms with Gasteiger partial charge in [-0.2, -0.15) is 0 Å². The summed E-state index contributed by atoms with van der Waals surface area (Å²) in [5.74, 6) is 0. The van der Waals surface area contributed by atoms with E-state index in [9.17, 15) is 5.11 Å². The third-order valence-corrected chi connectivity index (χ3v) is 3.45. The Morgan fingerprint density at radius 3 is 2.65 bits per heavy atom. The summed E-state index contributed by atoms with van der Waals surface area (Å²) in [4.78, 5) is 4.76. The van der Waals surface area contributed by atoms with Gasteiger partial charge in [-0.1, -0.05) is 18.2 Å². The van der Waals surface area contributed by atoms with Crippen LogP contribution >= 0.6 is 0 Å². The number of nitrogens with zero attached hydrogens (tertiary/aromatic N) is 2. The van der Waals surface area contributed by atoms with Crippen LogP contribution in [-0.2, 0) is 0 Å². The molecule has 3 heteroatoms. The van der Waals surface area contributed by atoms with Crippen LogP contribution in [-0.4, -0.2) is 43.2 Å². The zero-order valence-corrected chi connectivity index (χ0v) is 10.8. The first kappa shape index (κ1) is 12.4. The Balaban J connectivity index is 2.21. The lowest BCUT2D eigenvalue weighted by atomic mass is 10.1. The summed E-state index contributed by atoms with van der Waals surface area (Å²) in [6, 6.07) is 8.19. The highest BCUT2D eigenvalue weighted by atomic mass is 16.3. The zero-order chi connectivity index (χ0) is 12.3. The lowest BCUT2D eigenvalue weighted by molar-refractivity contribution is 0.199. The average Bonchev–Trinajstić information content (AvgIpc) is 2.54. The van der Waals surface area contributed by atoms with Gasteiger partial charge in [-0.05, 0) is 33.0 Å². The molecule has 1 aromatic rings. The minimum atomic E-state index is -0.396. The summed E-state index contributed by atoms with van der Waals surface area (Å²) in [5, 5.41) is 9.82. The molecule has 1 N–H and O–H groups in total. The molecule has 0 unspecified atom stereocenters. The number of anilines is 1. The molecule has 1 aliphatic heterocycles. The number of benzene rings is 1. The van der Waals surface area contributed by atoms with Crippen LogP contribution in [0.15, 0.2) is 24.3 Å². The van der Waals surface area contributed by atoms with Crippen molar-refractivity contribution in [2.75, 3.05) is 38.1 Å². The topological polar surface area (TPSA) is 26.7 Å². The van der Waals surface area contributed by atoms with Crippen molar-refractivity contribution in [1.82, 2.24) is 4.90 Å². The van der Waals surface area contributed by atoms with Crippen LogP contribution in [0.5, 0.6) is 0 Å². The summed E-state index contributed by atoms with van der Waals surface area (Å²) in [7, 11) is 2.17. The maximum atomic E-state index is 9.82. The fourth-order valence-corrected chi connectivity index (χ4v) is 2.42. The van der Waals surface area contributed by atoms with E-state index in [-0.39, 0.29) is 0 Å². The predicted octanol–water partition coefficient (Wildman–Crippen LogP) is 1.88. The van der Waals surface area contributed by atoms with Crippen molar-refractivity contribution in [3.05, 3.63) is 29.8 Å². The molecule has 1 saturated heterocycles. The molecule has 1 heterocycles. The maximum Gasteiger partial charge on any atom is 0.0781 e. The van der Waals surface area contributed by atoms with Crippen molar-refractivity contribution >= 4 is 5.69 Å². The number of aliphatic hydroxyl groups is 1. The SMILES string of the molecule is C[C@H](O)c1ccccc1N1CCCN(C)CC1. The molecule has 0 saturated carbocycles. The molecule has 1 aromatic carbocycles. The third-order valence-electron chi connectivity index (χ3n) is 3.45. The lowest BCUT2D eigenvalue weighted by Gasteiger charge is -2.26. The largest absolute Gasteiger partial charge is 0.389 e. The Hall–Kier alpha value is -1.06. The van der Waals surface area contributed by atoms with Crippen LogP contribution in [0.25, 0.3) is 0 Å². The predicted molar refractivity (Wildman–Crippen MR) is 71.4 cm³/mol. The first-order valence-electron chi connectivity index (χ1n) is 6.39. The molecule has 1 aliphatic rings. The first-order chi connectivity index (χ1) is 8.18. The van der Waals surface area contributed by atoms with E-state index in [0.717, 1.165) is 31.7 Å². The molecule has 1 fully saturated rings. The van der Waals surface area contributed by atoms with Gasteiger partial charge in [-0.25, -0.2) is 0 Å². The van der Waals surface area contributed by atoms with E-state index in [1.807, 2.05) is 19.1 Å². The van der Waals surface area contributed by atoms with Gasteiger partial charge < -0.3 is 14.9 Å². The minimum absolute atomic E-state index is 0.396. The summed E-state index contributed by atoms with van der Waals surface area (Å²) < 4.78 is 0. The van der Waals surface area contributed by atoms with Gasteiger partial charge in [0.25, 0.3) is 0 Å². The molecule has 0 spiro atoms. The molecule has 0 amide bonds. The van der Waals surface area contributed by atoms with Crippen LogP contribution in [0.2, 0.25) is 0 Å². The molecule has 1 atom stereocenters. The molecule has 17 heavy (non-hydrogen) atoms. The molecule has 3 nitrogen and oxygen atoms in total. The molecular formula is C14H22N2O. The van der Waals surface area contributed by atoms with Crippen LogP contribution in [0.1, 0.15) is 25.0 Å². The second kappa shape index (κ2) is 5.52. The summed E-state index contributed by atoms with van der Waals surface area (Å²) in [6.45, 7) is 6.21.